The molecule has 2 rings (SSSR count). The van der Waals surface area contributed by atoms with E-state index in [4.69, 9.17) is 4.74 Å². The number of nitrogens with zero attached hydrogens (tertiary/aromatic N) is 1. The maximum Gasteiger partial charge on any atom is 0.267 e. The number of H-pyrrole nitrogens is 1. The van der Waals surface area contributed by atoms with Crippen LogP contribution in [-0.4, -0.2) is 62.7 Å². The van der Waals surface area contributed by atoms with E-state index in [0.717, 1.165) is 0 Å². The van der Waals surface area contributed by atoms with Gasteiger partial charge in [0.2, 0.25) is 0 Å². The minimum absolute atomic E-state index is 0.120. The highest BCUT2D eigenvalue weighted by molar-refractivity contribution is 14.1. The molecule has 0 bridgehead atoms. The number of nitrogens with one attached hydrogen (secondary N) is 2. The lowest BCUT2D eigenvalue weighted by Crippen LogP contribution is -2.55. The van der Waals surface area contributed by atoms with Gasteiger partial charge in [0.05, 0.1) is 6.61 Å². The van der Waals surface area contributed by atoms with E-state index in [1.807, 2.05) is 22.6 Å². The van der Waals surface area contributed by atoms with Gasteiger partial charge in [-0.25, -0.2) is 4.98 Å². The lowest BCUT2D eigenvalue weighted by molar-refractivity contribution is -0.178. The highest BCUT2D eigenvalue weighted by Gasteiger charge is 2.38. The van der Waals surface area contributed by atoms with E-state index in [0.29, 0.717) is 8.73 Å². The van der Waals surface area contributed by atoms with E-state index < -0.39 is 24.5 Å². The zero-order chi connectivity index (χ0) is 14.9. The van der Waals surface area contributed by atoms with Gasteiger partial charge in [-0.15, -0.1) is 0 Å². The van der Waals surface area contributed by atoms with Gasteiger partial charge in [0.15, 0.2) is 11.4 Å². The van der Waals surface area contributed by atoms with Crippen LogP contribution in [-0.2, 0) is 4.74 Å². The standard InChI is InChI=1S/C10H14IN3O5S/c1-20-10-13-7(4(11)8(18)14-10)12-9-6(17)5(16)3(15)2-19-9/h3,5-6,9,15-17H,2H2,1H3,(H2,12,13,14,18)/t3-,5-,6+,9+/m1/s1. The lowest BCUT2D eigenvalue weighted by atomic mass is 10.0. The topological polar surface area (TPSA) is 128 Å². The molecule has 0 radical (unpaired) electrons. The molecule has 1 aliphatic rings. The van der Waals surface area contributed by atoms with Crippen LogP contribution in [0.4, 0.5) is 5.82 Å². The maximum absolute atomic E-state index is 11.7. The fraction of sp³-hybridized carbons (Fsp3) is 0.600. The molecule has 1 fully saturated rings. The van der Waals surface area contributed by atoms with Gasteiger partial charge in [0, 0.05) is 0 Å². The Balaban J connectivity index is 2.22. The fourth-order valence-corrected chi connectivity index (χ4v) is 2.49. The molecule has 1 aromatic heterocycles. The monoisotopic (exact) mass is 415 g/mol. The molecule has 10 heteroatoms. The van der Waals surface area contributed by atoms with Gasteiger partial charge in [0.25, 0.3) is 5.56 Å². The molecule has 0 saturated carbocycles. The second kappa shape index (κ2) is 6.58. The third-order valence-electron chi connectivity index (χ3n) is 2.81. The Bertz CT molecular complexity index is 542. The van der Waals surface area contributed by atoms with Crippen LogP contribution >= 0.6 is 34.4 Å². The summed E-state index contributed by atoms with van der Waals surface area (Å²) < 4.78 is 5.53. The summed E-state index contributed by atoms with van der Waals surface area (Å²) in [5, 5.41) is 32.0. The molecular formula is C10H14IN3O5S. The molecule has 2 heterocycles. The molecule has 112 valence electrons. The van der Waals surface area contributed by atoms with E-state index in [9.17, 15) is 20.1 Å². The van der Waals surface area contributed by atoms with Gasteiger partial charge in [-0.05, 0) is 28.8 Å². The molecule has 1 aromatic rings. The van der Waals surface area contributed by atoms with Gasteiger partial charge in [-0.3, -0.25) is 4.79 Å². The van der Waals surface area contributed by atoms with Crippen molar-refractivity contribution in [1.82, 2.24) is 9.97 Å². The number of hydrogen-bond acceptors (Lipinski definition) is 8. The molecule has 1 saturated heterocycles. The molecular weight excluding hydrogens is 401 g/mol. The molecule has 0 spiro atoms. The predicted molar refractivity (Wildman–Crippen MR) is 80.7 cm³/mol. The first-order chi connectivity index (χ1) is 9.43. The number of halogens is 1. The van der Waals surface area contributed by atoms with Crippen molar-refractivity contribution in [2.45, 2.75) is 29.7 Å². The van der Waals surface area contributed by atoms with Crippen molar-refractivity contribution in [2.75, 3.05) is 18.2 Å². The van der Waals surface area contributed by atoms with E-state index in [1.54, 1.807) is 6.26 Å². The summed E-state index contributed by atoms with van der Waals surface area (Å²) in [5.41, 5.74) is -0.307. The van der Waals surface area contributed by atoms with Crippen LogP contribution in [0.5, 0.6) is 0 Å². The Hall–Kier alpha value is -0.400. The van der Waals surface area contributed by atoms with E-state index in [2.05, 4.69) is 15.3 Å². The number of hydrogen-bond donors (Lipinski definition) is 5. The van der Waals surface area contributed by atoms with E-state index in [-0.39, 0.29) is 18.0 Å². The smallest absolute Gasteiger partial charge is 0.267 e. The lowest BCUT2D eigenvalue weighted by Gasteiger charge is -2.35. The first-order valence-corrected chi connectivity index (χ1v) is 8.00. The van der Waals surface area contributed by atoms with Gasteiger partial charge in [0.1, 0.15) is 27.7 Å². The summed E-state index contributed by atoms with van der Waals surface area (Å²) in [5.74, 6) is 0.256. The first-order valence-electron chi connectivity index (χ1n) is 5.70. The highest BCUT2D eigenvalue weighted by atomic mass is 127. The van der Waals surface area contributed by atoms with Gasteiger partial charge in [-0.1, -0.05) is 11.8 Å². The van der Waals surface area contributed by atoms with Crippen LogP contribution < -0.4 is 10.9 Å². The summed E-state index contributed by atoms with van der Waals surface area (Å²) in [4.78, 5) is 18.5. The summed E-state index contributed by atoms with van der Waals surface area (Å²) in [6.07, 6.45) is -2.97. The van der Waals surface area contributed by atoms with Crippen molar-refractivity contribution in [3.05, 3.63) is 13.9 Å². The number of ether oxygens (including phenoxy) is 1. The number of thioether (sulfide) groups is 1. The Morgan fingerprint density at radius 1 is 1.45 bits per heavy atom. The molecule has 0 amide bonds. The van der Waals surface area contributed by atoms with Crippen molar-refractivity contribution in [3.8, 4) is 0 Å². The minimum Gasteiger partial charge on any atom is -0.388 e. The van der Waals surface area contributed by atoms with Gasteiger partial charge >= 0.3 is 0 Å². The molecule has 20 heavy (non-hydrogen) atoms. The summed E-state index contributed by atoms with van der Waals surface area (Å²) in [7, 11) is 0. The highest BCUT2D eigenvalue weighted by Crippen LogP contribution is 2.20. The normalized spacial score (nSPS) is 30.2. The third-order valence-corrected chi connectivity index (χ3v) is 4.40. The first kappa shape index (κ1) is 16.0. The molecule has 5 N–H and O–H groups in total. The molecule has 0 aromatic carbocycles. The number of rotatable bonds is 3. The van der Waals surface area contributed by atoms with Crippen LogP contribution in [0.1, 0.15) is 0 Å². The van der Waals surface area contributed by atoms with Gasteiger partial charge in [-0.2, -0.15) is 0 Å². The van der Waals surface area contributed by atoms with Crippen LogP contribution in [0.2, 0.25) is 0 Å². The zero-order valence-corrected chi connectivity index (χ0v) is 13.4. The number of anilines is 1. The van der Waals surface area contributed by atoms with Crippen LogP contribution in [0.25, 0.3) is 0 Å². The third kappa shape index (κ3) is 3.26. The van der Waals surface area contributed by atoms with Crippen LogP contribution in [0, 0.1) is 3.57 Å². The summed E-state index contributed by atoms with van der Waals surface area (Å²) in [6.45, 7) is -0.120. The number of aliphatic hydroxyl groups excluding tert-OH is 3. The summed E-state index contributed by atoms with van der Waals surface area (Å²) >= 11 is 3.09. The molecule has 8 nitrogen and oxygen atoms in total. The molecule has 4 atom stereocenters. The van der Waals surface area contributed by atoms with Gasteiger partial charge < -0.3 is 30.4 Å². The van der Waals surface area contributed by atoms with Crippen molar-refractivity contribution >= 4 is 40.2 Å². The minimum atomic E-state index is -1.33. The van der Waals surface area contributed by atoms with E-state index >= 15 is 0 Å². The second-order valence-electron chi connectivity index (χ2n) is 4.18. The molecule has 1 aliphatic heterocycles. The SMILES string of the molecule is CSc1nc(N[C@H]2OC[C@@H](O)[C@@H](O)[C@@H]2O)c(I)c(=O)[nH]1. The zero-order valence-electron chi connectivity index (χ0n) is 10.4. The fourth-order valence-electron chi connectivity index (χ4n) is 1.70. The van der Waals surface area contributed by atoms with Crippen molar-refractivity contribution in [3.63, 3.8) is 0 Å². The van der Waals surface area contributed by atoms with E-state index in [1.165, 1.54) is 11.8 Å². The van der Waals surface area contributed by atoms with Crippen molar-refractivity contribution in [2.24, 2.45) is 0 Å². The van der Waals surface area contributed by atoms with Crippen molar-refractivity contribution < 1.29 is 20.1 Å². The molecule has 0 unspecified atom stereocenters. The number of aromatic nitrogens is 2. The number of aliphatic hydroxyl groups is 3. The average molecular weight is 415 g/mol. The maximum atomic E-state index is 11.7. The predicted octanol–water partition coefficient (Wildman–Crippen LogP) is -1.05. The van der Waals surface area contributed by atoms with Crippen LogP contribution in [0.15, 0.2) is 9.95 Å². The quantitative estimate of drug-likeness (QED) is 0.241. The Morgan fingerprint density at radius 2 is 2.15 bits per heavy atom. The average Bonchev–Trinajstić information content (AvgIpc) is 2.44. The summed E-state index contributed by atoms with van der Waals surface area (Å²) in [6, 6.07) is 0. The Morgan fingerprint density at radius 3 is 2.80 bits per heavy atom. The molecule has 0 aliphatic carbocycles. The second-order valence-corrected chi connectivity index (χ2v) is 6.06. The largest absolute Gasteiger partial charge is 0.388 e. The number of aromatic amines is 1. The van der Waals surface area contributed by atoms with Crippen LogP contribution in [0.3, 0.4) is 0 Å². The van der Waals surface area contributed by atoms with Crippen molar-refractivity contribution in [1.29, 1.82) is 0 Å². The Kier molecular flexibility index (Phi) is 5.25. The Labute approximate surface area is 132 Å².